The summed E-state index contributed by atoms with van der Waals surface area (Å²) in [5.74, 6) is 4.90. The number of hydrogen-bond acceptors (Lipinski definition) is 5. The van der Waals surface area contributed by atoms with Gasteiger partial charge in [0.1, 0.15) is 0 Å². The largest absolute Gasteiger partial charge is 0.302 e. The van der Waals surface area contributed by atoms with E-state index in [9.17, 15) is 10.1 Å². The Bertz CT molecular complexity index is 672. The van der Waals surface area contributed by atoms with Gasteiger partial charge in [-0.05, 0) is 29.7 Å². The van der Waals surface area contributed by atoms with Crippen molar-refractivity contribution in [2.75, 3.05) is 0 Å². The molecular weight excluding hydrogens is 258 g/mol. The van der Waals surface area contributed by atoms with Gasteiger partial charge in [-0.3, -0.25) is 10.1 Å². The molecule has 102 valence electrons. The van der Waals surface area contributed by atoms with E-state index in [1.807, 2.05) is 31.2 Å². The van der Waals surface area contributed by atoms with Crippen LogP contribution in [-0.4, -0.2) is 10.6 Å². The number of allylic oxidation sites excluding steroid dienone is 4. The van der Waals surface area contributed by atoms with Crippen LogP contribution >= 0.6 is 0 Å². The summed E-state index contributed by atoms with van der Waals surface area (Å²) >= 11 is 0. The molecule has 0 unspecified atom stereocenters. The quantitative estimate of drug-likeness (QED) is 0.674. The van der Waals surface area contributed by atoms with E-state index in [4.69, 9.17) is 5.90 Å². The molecule has 0 aliphatic heterocycles. The summed E-state index contributed by atoms with van der Waals surface area (Å²) in [5.41, 5.74) is 2.95. The van der Waals surface area contributed by atoms with E-state index in [1.54, 1.807) is 6.08 Å². The number of nitrogens with two attached hydrogens (primary N) is 1. The fourth-order valence-corrected chi connectivity index (χ4v) is 2.05. The van der Waals surface area contributed by atoms with Crippen molar-refractivity contribution >= 4 is 11.3 Å². The molecule has 6 nitrogen and oxygen atoms in total. The first-order chi connectivity index (χ1) is 9.56. The Morgan fingerprint density at radius 2 is 2.05 bits per heavy atom. The molecule has 0 atom stereocenters. The van der Waals surface area contributed by atoms with Gasteiger partial charge in [0.15, 0.2) is 5.71 Å². The van der Waals surface area contributed by atoms with Crippen LogP contribution in [0.5, 0.6) is 0 Å². The third-order valence-electron chi connectivity index (χ3n) is 3.04. The minimum Gasteiger partial charge on any atom is -0.302 e. The van der Waals surface area contributed by atoms with Gasteiger partial charge in [-0.2, -0.15) is 0 Å². The van der Waals surface area contributed by atoms with Crippen molar-refractivity contribution in [1.29, 1.82) is 0 Å². The van der Waals surface area contributed by atoms with Crippen LogP contribution in [0.4, 0.5) is 0 Å². The van der Waals surface area contributed by atoms with Crippen LogP contribution in [-0.2, 0) is 4.94 Å². The van der Waals surface area contributed by atoms with E-state index < -0.39 is 4.92 Å². The van der Waals surface area contributed by atoms with Crippen molar-refractivity contribution in [2.24, 2.45) is 11.1 Å². The van der Waals surface area contributed by atoms with Crippen molar-refractivity contribution in [2.45, 2.75) is 6.92 Å². The maximum Gasteiger partial charge on any atom is 0.298 e. The molecule has 20 heavy (non-hydrogen) atoms. The van der Waals surface area contributed by atoms with Crippen molar-refractivity contribution in [3.63, 3.8) is 0 Å². The molecule has 0 heterocycles. The highest BCUT2D eigenvalue weighted by atomic mass is 16.7. The van der Waals surface area contributed by atoms with Crippen LogP contribution in [0.2, 0.25) is 0 Å². The smallest absolute Gasteiger partial charge is 0.298 e. The standard InChI is InChI=1S/C14H13N3O3/c1-9-5-3-4-6-11(9)12-7-8-13(17(18)19)14(10(12)2)16-20-15/h3-8H,2,15H2,1H3/b16-14+. The Morgan fingerprint density at radius 3 is 2.65 bits per heavy atom. The van der Waals surface area contributed by atoms with E-state index in [1.165, 1.54) is 6.08 Å². The van der Waals surface area contributed by atoms with Gasteiger partial charge in [0, 0.05) is 11.6 Å². The third-order valence-corrected chi connectivity index (χ3v) is 3.04. The Kier molecular flexibility index (Phi) is 3.76. The minimum atomic E-state index is -0.547. The van der Waals surface area contributed by atoms with Gasteiger partial charge in [0.2, 0.25) is 0 Å². The average molecular weight is 271 g/mol. The SMILES string of the molecule is C=C1C(c2ccccc2C)=CC=C([N+](=O)[O-])/C1=N/ON. The topological polar surface area (TPSA) is 90.8 Å². The molecule has 0 fully saturated rings. The third kappa shape index (κ3) is 2.36. The number of oxime groups is 1. The Morgan fingerprint density at radius 1 is 1.35 bits per heavy atom. The molecule has 2 N–H and O–H groups in total. The molecule has 0 aromatic heterocycles. The molecule has 6 heteroatoms. The van der Waals surface area contributed by atoms with Crippen LogP contribution in [0.1, 0.15) is 11.1 Å². The summed E-state index contributed by atoms with van der Waals surface area (Å²) in [7, 11) is 0. The summed E-state index contributed by atoms with van der Waals surface area (Å²) < 4.78 is 0. The monoisotopic (exact) mass is 271 g/mol. The molecule has 0 saturated heterocycles. The fraction of sp³-hybridized carbons (Fsp3) is 0.0714. The average Bonchev–Trinajstić information content (AvgIpc) is 2.42. The summed E-state index contributed by atoms with van der Waals surface area (Å²) in [5, 5.41) is 14.5. The van der Waals surface area contributed by atoms with Gasteiger partial charge < -0.3 is 4.94 Å². The van der Waals surface area contributed by atoms with E-state index in [0.29, 0.717) is 5.57 Å². The summed E-state index contributed by atoms with van der Waals surface area (Å²) in [6.45, 7) is 5.82. The number of hydrogen-bond donors (Lipinski definition) is 1. The Labute approximate surface area is 115 Å². The van der Waals surface area contributed by atoms with Gasteiger partial charge in [-0.25, -0.2) is 0 Å². The van der Waals surface area contributed by atoms with Gasteiger partial charge in [0.25, 0.3) is 5.70 Å². The summed E-state index contributed by atoms with van der Waals surface area (Å²) in [6.07, 6.45) is 3.02. The lowest BCUT2D eigenvalue weighted by molar-refractivity contribution is -0.415. The molecule has 1 aliphatic rings. The highest BCUT2D eigenvalue weighted by Crippen LogP contribution is 2.31. The first-order valence-corrected chi connectivity index (χ1v) is 5.82. The van der Waals surface area contributed by atoms with Gasteiger partial charge >= 0.3 is 0 Å². The van der Waals surface area contributed by atoms with Crippen LogP contribution in [0.15, 0.2) is 59.4 Å². The zero-order chi connectivity index (χ0) is 14.7. The number of nitrogens with zero attached hydrogens (tertiary/aromatic N) is 2. The Balaban J connectivity index is 2.57. The normalized spacial score (nSPS) is 16.7. The van der Waals surface area contributed by atoms with E-state index in [-0.39, 0.29) is 11.4 Å². The van der Waals surface area contributed by atoms with E-state index in [2.05, 4.69) is 16.7 Å². The molecule has 0 amide bonds. The van der Waals surface area contributed by atoms with Crippen molar-refractivity contribution in [3.8, 4) is 0 Å². The zero-order valence-corrected chi connectivity index (χ0v) is 10.9. The van der Waals surface area contributed by atoms with Crippen LogP contribution in [0.3, 0.4) is 0 Å². The van der Waals surface area contributed by atoms with Crippen molar-refractivity contribution in [1.82, 2.24) is 0 Å². The molecule has 0 radical (unpaired) electrons. The van der Waals surface area contributed by atoms with Gasteiger partial charge in [-0.1, -0.05) is 36.0 Å². The van der Waals surface area contributed by atoms with Crippen LogP contribution < -0.4 is 5.90 Å². The predicted octanol–water partition coefficient (Wildman–Crippen LogP) is 2.36. The van der Waals surface area contributed by atoms with Crippen LogP contribution in [0.25, 0.3) is 5.57 Å². The summed E-state index contributed by atoms with van der Waals surface area (Å²) in [6, 6.07) is 7.67. The maximum absolute atomic E-state index is 11.0. The van der Waals surface area contributed by atoms with E-state index >= 15 is 0 Å². The lowest BCUT2D eigenvalue weighted by atomic mass is 9.88. The minimum absolute atomic E-state index is 0.0262. The highest BCUT2D eigenvalue weighted by Gasteiger charge is 2.29. The van der Waals surface area contributed by atoms with Crippen molar-refractivity contribution in [3.05, 3.63) is 75.5 Å². The molecule has 0 bridgehead atoms. The number of benzene rings is 1. The fourth-order valence-electron chi connectivity index (χ4n) is 2.05. The lowest BCUT2D eigenvalue weighted by Gasteiger charge is -2.16. The second-order valence-electron chi connectivity index (χ2n) is 4.23. The van der Waals surface area contributed by atoms with E-state index in [0.717, 1.165) is 16.7 Å². The maximum atomic E-state index is 11.0. The molecule has 1 aliphatic carbocycles. The molecule has 1 aromatic carbocycles. The molecule has 0 saturated carbocycles. The Hall–Kier alpha value is -2.73. The predicted molar refractivity (Wildman–Crippen MR) is 76.1 cm³/mol. The van der Waals surface area contributed by atoms with Crippen LogP contribution in [0, 0.1) is 17.0 Å². The summed E-state index contributed by atoms with van der Waals surface area (Å²) in [4.78, 5) is 14.6. The second kappa shape index (κ2) is 5.50. The molecule has 0 spiro atoms. The first-order valence-electron chi connectivity index (χ1n) is 5.82. The van der Waals surface area contributed by atoms with Crippen molar-refractivity contribution < 1.29 is 9.86 Å². The molecule has 2 rings (SSSR count). The molecular formula is C14H13N3O3. The molecule has 1 aromatic rings. The highest BCUT2D eigenvalue weighted by molar-refractivity contribution is 6.21. The van der Waals surface area contributed by atoms with Gasteiger partial charge in [-0.15, -0.1) is 5.90 Å². The first kappa shape index (κ1) is 13.7. The number of rotatable bonds is 3. The number of nitro groups is 1. The second-order valence-corrected chi connectivity index (χ2v) is 4.23. The number of aryl methyl sites for hydroxylation is 1. The van der Waals surface area contributed by atoms with Gasteiger partial charge in [0.05, 0.1) is 4.92 Å². The lowest BCUT2D eigenvalue weighted by Crippen LogP contribution is -2.18. The zero-order valence-electron chi connectivity index (χ0n) is 10.9.